The van der Waals surface area contributed by atoms with E-state index in [1.807, 2.05) is 0 Å². The maximum atomic E-state index is 12.2. The lowest BCUT2D eigenvalue weighted by Crippen LogP contribution is -2.30. The first-order chi connectivity index (χ1) is 11.9. The van der Waals surface area contributed by atoms with Crippen LogP contribution in [0.2, 0.25) is 5.02 Å². The second-order valence-corrected chi connectivity index (χ2v) is 5.67. The Balaban J connectivity index is 2.02. The number of methoxy groups -OCH3 is 1. The predicted molar refractivity (Wildman–Crippen MR) is 93.9 cm³/mol. The Morgan fingerprint density at radius 3 is 2.48 bits per heavy atom. The Kier molecular flexibility index (Phi) is 6.38. The molecular formula is C18H18ClNO5. The number of esters is 1. The fraction of sp³-hybridized carbons (Fsp3) is 0.222. The highest BCUT2D eigenvalue weighted by atomic mass is 35.5. The van der Waals surface area contributed by atoms with Crippen molar-refractivity contribution in [1.29, 1.82) is 0 Å². The molecular weight excluding hydrogens is 346 g/mol. The van der Waals surface area contributed by atoms with Crippen molar-refractivity contribution >= 4 is 29.2 Å². The maximum absolute atomic E-state index is 12.2. The van der Waals surface area contributed by atoms with Crippen molar-refractivity contribution in [3.8, 4) is 5.75 Å². The van der Waals surface area contributed by atoms with Crippen molar-refractivity contribution in [3.05, 3.63) is 58.6 Å². The summed E-state index contributed by atoms with van der Waals surface area (Å²) in [4.78, 5) is 24.3. The molecule has 0 heterocycles. The minimum Gasteiger partial charge on any atom is -0.495 e. The zero-order chi connectivity index (χ0) is 18.4. The Labute approximate surface area is 150 Å². The van der Waals surface area contributed by atoms with E-state index in [1.54, 1.807) is 30.3 Å². The SMILES string of the molecule is COc1ccc(Cl)cc1NC(=O)[C@H](C)OC(=O)c1ccc(CO)cc1. The second-order valence-electron chi connectivity index (χ2n) is 5.24. The molecule has 0 aliphatic carbocycles. The normalized spacial score (nSPS) is 11.5. The second kappa shape index (κ2) is 8.50. The summed E-state index contributed by atoms with van der Waals surface area (Å²) in [6.07, 6.45) is -1.02. The van der Waals surface area contributed by atoms with Crippen LogP contribution in [0.4, 0.5) is 5.69 Å². The highest BCUT2D eigenvalue weighted by Gasteiger charge is 2.20. The number of benzene rings is 2. The molecule has 0 aromatic heterocycles. The quantitative estimate of drug-likeness (QED) is 0.770. The molecule has 0 aliphatic heterocycles. The monoisotopic (exact) mass is 363 g/mol. The van der Waals surface area contributed by atoms with Crippen molar-refractivity contribution < 1.29 is 24.2 Å². The lowest BCUT2D eigenvalue weighted by molar-refractivity contribution is -0.123. The van der Waals surface area contributed by atoms with E-state index < -0.39 is 18.0 Å². The van der Waals surface area contributed by atoms with Gasteiger partial charge >= 0.3 is 5.97 Å². The molecule has 2 aromatic rings. The highest BCUT2D eigenvalue weighted by Crippen LogP contribution is 2.27. The Morgan fingerprint density at radius 1 is 1.20 bits per heavy atom. The topological polar surface area (TPSA) is 84.9 Å². The van der Waals surface area contributed by atoms with Gasteiger partial charge in [-0.1, -0.05) is 23.7 Å². The summed E-state index contributed by atoms with van der Waals surface area (Å²) < 4.78 is 10.3. The average molecular weight is 364 g/mol. The number of aliphatic hydroxyl groups is 1. The van der Waals surface area contributed by atoms with Gasteiger partial charge in [0.05, 0.1) is 25.0 Å². The molecule has 2 aromatic carbocycles. The number of carbonyl (C=O) groups is 2. The van der Waals surface area contributed by atoms with Crippen molar-refractivity contribution in [2.45, 2.75) is 19.6 Å². The molecule has 0 fully saturated rings. The first kappa shape index (κ1) is 18.8. The van der Waals surface area contributed by atoms with Crippen molar-refractivity contribution in [2.75, 3.05) is 12.4 Å². The number of halogens is 1. The minimum atomic E-state index is -1.02. The van der Waals surface area contributed by atoms with Gasteiger partial charge in [-0.05, 0) is 42.8 Å². The number of carbonyl (C=O) groups excluding carboxylic acids is 2. The van der Waals surface area contributed by atoms with E-state index >= 15 is 0 Å². The molecule has 7 heteroatoms. The van der Waals surface area contributed by atoms with Gasteiger partial charge in [-0.25, -0.2) is 4.79 Å². The fourth-order valence-electron chi connectivity index (χ4n) is 2.04. The zero-order valence-corrected chi connectivity index (χ0v) is 14.5. The smallest absolute Gasteiger partial charge is 0.338 e. The highest BCUT2D eigenvalue weighted by molar-refractivity contribution is 6.31. The third-order valence-corrected chi connectivity index (χ3v) is 3.68. The molecule has 2 N–H and O–H groups in total. The third kappa shape index (κ3) is 4.95. The molecule has 1 atom stereocenters. The molecule has 25 heavy (non-hydrogen) atoms. The summed E-state index contributed by atoms with van der Waals surface area (Å²) in [7, 11) is 1.47. The van der Waals surface area contributed by atoms with Crippen LogP contribution < -0.4 is 10.1 Å². The van der Waals surface area contributed by atoms with Gasteiger partial charge < -0.3 is 19.9 Å². The van der Waals surface area contributed by atoms with Gasteiger partial charge in [-0.15, -0.1) is 0 Å². The van der Waals surface area contributed by atoms with E-state index in [-0.39, 0.29) is 12.2 Å². The van der Waals surface area contributed by atoms with Gasteiger partial charge in [0.25, 0.3) is 5.91 Å². The van der Waals surface area contributed by atoms with E-state index in [9.17, 15) is 9.59 Å². The summed E-state index contributed by atoms with van der Waals surface area (Å²) >= 11 is 5.92. The Morgan fingerprint density at radius 2 is 1.88 bits per heavy atom. The molecule has 0 saturated carbocycles. The summed E-state index contributed by atoms with van der Waals surface area (Å²) in [6, 6.07) is 11.1. The molecule has 0 bridgehead atoms. The minimum absolute atomic E-state index is 0.115. The lowest BCUT2D eigenvalue weighted by Gasteiger charge is -2.15. The van der Waals surface area contributed by atoms with Crippen LogP contribution in [0, 0.1) is 0 Å². The predicted octanol–water partition coefficient (Wildman–Crippen LogP) is 3.02. The van der Waals surface area contributed by atoms with E-state index in [4.69, 9.17) is 26.2 Å². The molecule has 0 saturated heterocycles. The molecule has 2 rings (SSSR count). The van der Waals surface area contributed by atoms with Gasteiger partial charge in [0.2, 0.25) is 0 Å². The van der Waals surface area contributed by atoms with Gasteiger partial charge in [0.1, 0.15) is 5.75 Å². The number of nitrogens with one attached hydrogen (secondary N) is 1. The number of aliphatic hydroxyl groups excluding tert-OH is 1. The van der Waals surface area contributed by atoms with Crippen LogP contribution in [0.15, 0.2) is 42.5 Å². The van der Waals surface area contributed by atoms with Crippen LogP contribution >= 0.6 is 11.6 Å². The van der Waals surface area contributed by atoms with Gasteiger partial charge in [0, 0.05) is 5.02 Å². The standard InChI is InChI=1S/C18H18ClNO5/c1-11(25-18(23)13-5-3-12(10-21)4-6-13)17(22)20-15-9-14(19)7-8-16(15)24-2/h3-9,11,21H,10H2,1-2H3,(H,20,22)/t11-/m0/s1. The molecule has 132 valence electrons. The van der Waals surface area contributed by atoms with Crippen molar-refractivity contribution in [3.63, 3.8) is 0 Å². The summed E-state index contributed by atoms with van der Waals surface area (Å²) in [6.45, 7) is 1.35. The molecule has 6 nitrogen and oxygen atoms in total. The van der Waals surface area contributed by atoms with E-state index in [1.165, 1.54) is 26.2 Å². The number of anilines is 1. The number of rotatable bonds is 6. The summed E-state index contributed by atoms with van der Waals surface area (Å²) in [5.74, 6) is -0.707. The van der Waals surface area contributed by atoms with Crippen molar-refractivity contribution in [1.82, 2.24) is 0 Å². The number of amides is 1. The van der Waals surface area contributed by atoms with E-state index in [0.717, 1.165) is 0 Å². The molecule has 0 unspecified atom stereocenters. The van der Waals surface area contributed by atoms with Crippen LogP contribution in [-0.2, 0) is 16.1 Å². The largest absolute Gasteiger partial charge is 0.495 e. The number of hydrogen-bond acceptors (Lipinski definition) is 5. The maximum Gasteiger partial charge on any atom is 0.338 e. The molecule has 0 spiro atoms. The summed E-state index contributed by atoms with van der Waals surface area (Å²) in [5, 5.41) is 12.1. The first-order valence-corrected chi connectivity index (χ1v) is 7.87. The van der Waals surface area contributed by atoms with Gasteiger partial charge in [0.15, 0.2) is 6.10 Å². The van der Waals surface area contributed by atoms with Crippen LogP contribution in [-0.4, -0.2) is 30.2 Å². The van der Waals surface area contributed by atoms with E-state index in [2.05, 4.69) is 5.32 Å². The van der Waals surface area contributed by atoms with Crippen LogP contribution in [0.5, 0.6) is 5.75 Å². The van der Waals surface area contributed by atoms with Crippen molar-refractivity contribution in [2.24, 2.45) is 0 Å². The average Bonchev–Trinajstić information content (AvgIpc) is 2.61. The van der Waals surface area contributed by atoms with Gasteiger partial charge in [-0.3, -0.25) is 4.79 Å². The number of ether oxygens (including phenoxy) is 2. The van der Waals surface area contributed by atoms with Crippen LogP contribution in [0.3, 0.4) is 0 Å². The number of hydrogen-bond donors (Lipinski definition) is 2. The van der Waals surface area contributed by atoms with Crippen LogP contribution in [0.1, 0.15) is 22.8 Å². The molecule has 0 aliphatic rings. The molecule has 0 radical (unpaired) electrons. The zero-order valence-electron chi connectivity index (χ0n) is 13.8. The Hall–Kier alpha value is -2.57. The van der Waals surface area contributed by atoms with Gasteiger partial charge in [-0.2, -0.15) is 0 Å². The fourth-order valence-corrected chi connectivity index (χ4v) is 2.21. The molecule has 1 amide bonds. The first-order valence-electron chi connectivity index (χ1n) is 7.49. The van der Waals surface area contributed by atoms with Crippen LogP contribution in [0.25, 0.3) is 0 Å². The lowest BCUT2D eigenvalue weighted by atomic mass is 10.1. The third-order valence-electron chi connectivity index (χ3n) is 3.44. The summed E-state index contributed by atoms with van der Waals surface area (Å²) in [5.41, 5.74) is 1.35. The van der Waals surface area contributed by atoms with E-state index in [0.29, 0.717) is 22.0 Å². The Bertz CT molecular complexity index is 761.